The van der Waals surface area contributed by atoms with Gasteiger partial charge in [-0.25, -0.2) is 0 Å². The number of pyridine rings is 1. The van der Waals surface area contributed by atoms with E-state index in [1.165, 1.54) is 0 Å². The summed E-state index contributed by atoms with van der Waals surface area (Å²) in [4.78, 5) is 12.9. The van der Waals surface area contributed by atoms with Gasteiger partial charge in [-0.2, -0.15) is 11.8 Å². The Balaban J connectivity index is 1.89. The molecule has 1 N–H and O–H groups in total. The molecule has 0 fully saturated rings. The minimum Gasteiger partial charge on any atom is -0.497 e. The Bertz CT molecular complexity index is 906. The number of carbonyl (C=O) groups is 1. The number of nitrogens with one attached hydrogen (secondary N) is 1. The van der Waals surface area contributed by atoms with Gasteiger partial charge in [0.05, 0.1) is 20.3 Å². The van der Waals surface area contributed by atoms with Crippen LogP contribution in [-0.2, 0) is 0 Å². The number of aromatic nitrogens is 3. The molecule has 1 aromatic carbocycles. The summed E-state index contributed by atoms with van der Waals surface area (Å²) in [6.45, 7) is 0. The number of nitrogens with zero attached hydrogens (tertiary/aromatic N) is 3. The van der Waals surface area contributed by atoms with Gasteiger partial charge in [0, 0.05) is 17.8 Å². The summed E-state index contributed by atoms with van der Waals surface area (Å²) >= 11 is 1.72. The molecule has 2 heterocycles. The topological polar surface area (TPSA) is 77.8 Å². The first-order chi connectivity index (χ1) is 13.2. The van der Waals surface area contributed by atoms with Crippen LogP contribution in [0.4, 0.5) is 0 Å². The predicted octanol–water partition coefficient (Wildman–Crippen LogP) is 2.97. The van der Waals surface area contributed by atoms with Crippen LogP contribution in [0.1, 0.15) is 28.6 Å². The minimum absolute atomic E-state index is 0.217. The molecular weight excluding hydrogens is 364 g/mol. The van der Waals surface area contributed by atoms with Crippen molar-refractivity contribution in [1.29, 1.82) is 0 Å². The molecule has 1 atom stereocenters. The number of fused-ring (bicyclic) bond motifs is 1. The van der Waals surface area contributed by atoms with Gasteiger partial charge >= 0.3 is 0 Å². The highest BCUT2D eigenvalue weighted by molar-refractivity contribution is 7.98. The van der Waals surface area contributed by atoms with Crippen molar-refractivity contribution in [3.05, 3.63) is 54.0 Å². The van der Waals surface area contributed by atoms with Crippen molar-refractivity contribution in [3.8, 4) is 11.5 Å². The van der Waals surface area contributed by atoms with Crippen LogP contribution in [0.2, 0.25) is 0 Å². The Morgan fingerprint density at radius 2 is 1.93 bits per heavy atom. The van der Waals surface area contributed by atoms with Crippen LogP contribution in [0.15, 0.2) is 42.6 Å². The van der Waals surface area contributed by atoms with Gasteiger partial charge in [0.1, 0.15) is 11.5 Å². The molecule has 0 unspecified atom stereocenters. The second-order valence-corrected chi connectivity index (χ2v) is 6.88. The molecular formula is C19H22N4O3S. The van der Waals surface area contributed by atoms with E-state index in [0.29, 0.717) is 22.9 Å². The maximum Gasteiger partial charge on any atom is 0.252 e. The van der Waals surface area contributed by atoms with Crippen molar-refractivity contribution in [3.63, 3.8) is 0 Å². The monoisotopic (exact) mass is 386 g/mol. The molecule has 0 radical (unpaired) electrons. The van der Waals surface area contributed by atoms with Crippen LogP contribution in [0, 0.1) is 0 Å². The molecule has 7 nitrogen and oxygen atoms in total. The minimum atomic E-state index is -0.264. The number of methoxy groups -OCH3 is 2. The zero-order chi connectivity index (χ0) is 19.2. The van der Waals surface area contributed by atoms with Crippen molar-refractivity contribution >= 4 is 23.3 Å². The van der Waals surface area contributed by atoms with Gasteiger partial charge in [-0.05, 0) is 42.7 Å². The molecule has 0 aliphatic carbocycles. The van der Waals surface area contributed by atoms with Gasteiger partial charge in [-0.3, -0.25) is 9.20 Å². The van der Waals surface area contributed by atoms with Crippen molar-refractivity contribution in [2.45, 2.75) is 12.5 Å². The molecule has 3 aromatic rings. The Labute approximate surface area is 162 Å². The molecule has 0 saturated carbocycles. The standard InChI is InChI=1S/C19H22N4O3S/c1-25-14-10-13(11-15(12-14)26-2)19(24)20-16(7-9-27-3)18-22-21-17-6-4-5-8-23(17)18/h4-6,8,10-12,16H,7,9H2,1-3H3,(H,20,24)/t16-/m1/s1. The smallest absolute Gasteiger partial charge is 0.252 e. The maximum atomic E-state index is 12.9. The molecule has 1 amide bonds. The Hall–Kier alpha value is -2.74. The SMILES string of the molecule is COc1cc(OC)cc(C(=O)N[C@H](CCSC)c2nnc3ccccn23)c1. The number of ether oxygens (including phenoxy) is 2. The summed E-state index contributed by atoms with van der Waals surface area (Å²) in [5.74, 6) is 2.50. The van der Waals surface area contributed by atoms with Crippen molar-refractivity contribution in [1.82, 2.24) is 19.9 Å². The summed E-state index contributed by atoms with van der Waals surface area (Å²) in [6.07, 6.45) is 4.68. The average molecular weight is 386 g/mol. The van der Waals surface area contributed by atoms with Gasteiger partial charge in [0.2, 0.25) is 0 Å². The molecule has 8 heteroatoms. The summed E-state index contributed by atoms with van der Waals surface area (Å²) in [7, 11) is 3.11. The van der Waals surface area contributed by atoms with Crippen LogP contribution < -0.4 is 14.8 Å². The van der Waals surface area contributed by atoms with Crippen LogP contribution in [0.25, 0.3) is 5.65 Å². The van der Waals surface area contributed by atoms with E-state index < -0.39 is 0 Å². The van der Waals surface area contributed by atoms with E-state index in [1.807, 2.05) is 35.1 Å². The summed E-state index contributed by atoms with van der Waals surface area (Å²) in [5, 5.41) is 11.6. The second-order valence-electron chi connectivity index (χ2n) is 5.90. The zero-order valence-corrected chi connectivity index (χ0v) is 16.3. The van der Waals surface area contributed by atoms with Crippen LogP contribution in [-0.4, -0.2) is 46.7 Å². The third kappa shape index (κ3) is 4.33. The lowest BCUT2D eigenvalue weighted by atomic mass is 10.1. The largest absolute Gasteiger partial charge is 0.497 e. The predicted molar refractivity (Wildman–Crippen MR) is 106 cm³/mol. The normalized spacial score (nSPS) is 12.0. The van der Waals surface area contributed by atoms with E-state index in [9.17, 15) is 4.79 Å². The number of rotatable bonds is 8. The van der Waals surface area contributed by atoms with Gasteiger partial charge in [-0.1, -0.05) is 6.07 Å². The van der Waals surface area contributed by atoms with E-state index >= 15 is 0 Å². The number of carbonyl (C=O) groups excluding carboxylic acids is 1. The molecule has 0 bridgehead atoms. The molecule has 142 valence electrons. The lowest BCUT2D eigenvalue weighted by Crippen LogP contribution is -2.30. The Morgan fingerprint density at radius 3 is 2.59 bits per heavy atom. The highest BCUT2D eigenvalue weighted by Crippen LogP contribution is 2.24. The van der Waals surface area contributed by atoms with Gasteiger partial charge < -0.3 is 14.8 Å². The number of hydrogen-bond donors (Lipinski definition) is 1. The third-order valence-corrected chi connectivity index (χ3v) is 4.83. The van der Waals surface area contributed by atoms with Crippen molar-refractivity contribution in [2.75, 3.05) is 26.2 Å². The van der Waals surface area contributed by atoms with Crippen LogP contribution >= 0.6 is 11.8 Å². The van der Waals surface area contributed by atoms with Gasteiger partial charge in [-0.15, -0.1) is 10.2 Å². The third-order valence-electron chi connectivity index (χ3n) is 4.18. The van der Waals surface area contributed by atoms with Crippen LogP contribution in [0.5, 0.6) is 11.5 Å². The second kappa shape index (κ2) is 8.77. The fourth-order valence-electron chi connectivity index (χ4n) is 2.78. The quantitative estimate of drug-likeness (QED) is 0.641. The lowest BCUT2D eigenvalue weighted by molar-refractivity contribution is 0.0933. The number of hydrogen-bond acceptors (Lipinski definition) is 6. The zero-order valence-electron chi connectivity index (χ0n) is 15.5. The summed E-state index contributed by atoms with van der Waals surface area (Å²) < 4.78 is 12.4. The summed E-state index contributed by atoms with van der Waals surface area (Å²) in [5.41, 5.74) is 1.22. The first-order valence-electron chi connectivity index (χ1n) is 8.48. The first kappa shape index (κ1) is 19.0. The molecule has 2 aromatic heterocycles. The van der Waals surface area contributed by atoms with Gasteiger partial charge in [0.25, 0.3) is 5.91 Å². The van der Waals surface area contributed by atoms with E-state index in [4.69, 9.17) is 9.47 Å². The highest BCUT2D eigenvalue weighted by atomic mass is 32.2. The Kier molecular flexibility index (Phi) is 6.18. The molecule has 0 aliphatic rings. The molecule has 0 saturated heterocycles. The van der Waals surface area contributed by atoms with Crippen molar-refractivity contribution in [2.24, 2.45) is 0 Å². The average Bonchev–Trinajstić information content (AvgIpc) is 3.14. The molecule has 0 spiro atoms. The Morgan fingerprint density at radius 1 is 1.19 bits per heavy atom. The fourth-order valence-corrected chi connectivity index (χ4v) is 3.25. The maximum absolute atomic E-state index is 12.9. The number of thioether (sulfide) groups is 1. The fraction of sp³-hybridized carbons (Fsp3) is 0.316. The summed E-state index contributed by atoms with van der Waals surface area (Å²) in [6, 6.07) is 10.5. The van der Waals surface area contributed by atoms with Crippen molar-refractivity contribution < 1.29 is 14.3 Å². The highest BCUT2D eigenvalue weighted by Gasteiger charge is 2.21. The number of amides is 1. The van der Waals surface area contributed by atoms with E-state index in [2.05, 4.69) is 15.5 Å². The lowest BCUT2D eigenvalue weighted by Gasteiger charge is -2.17. The van der Waals surface area contributed by atoms with Gasteiger partial charge in [0.15, 0.2) is 11.5 Å². The van der Waals surface area contributed by atoms with E-state index in [1.54, 1.807) is 44.2 Å². The first-order valence-corrected chi connectivity index (χ1v) is 9.88. The molecule has 3 rings (SSSR count). The number of benzene rings is 1. The molecule has 0 aliphatic heterocycles. The van der Waals surface area contributed by atoms with E-state index in [-0.39, 0.29) is 11.9 Å². The van der Waals surface area contributed by atoms with Crippen LogP contribution in [0.3, 0.4) is 0 Å². The van der Waals surface area contributed by atoms with E-state index in [0.717, 1.165) is 17.8 Å². The molecule has 27 heavy (non-hydrogen) atoms.